The van der Waals surface area contributed by atoms with Crippen LogP contribution in [0.15, 0.2) is 23.0 Å². The number of hydrogen-bond acceptors (Lipinski definition) is 5. The van der Waals surface area contributed by atoms with E-state index in [9.17, 15) is 18.0 Å². The van der Waals surface area contributed by atoms with Gasteiger partial charge < -0.3 is 5.32 Å². The quantitative estimate of drug-likeness (QED) is 0.815. The van der Waals surface area contributed by atoms with Crippen LogP contribution in [0.2, 0.25) is 0 Å². The molecule has 1 fully saturated rings. The Balaban J connectivity index is 1.48. The maximum atomic E-state index is 12.7. The minimum absolute atomic E-state index is 0.0473. The van der Waals surface area contributed by atoms with Crippen molar-refractivity contribution >= 4 is 26.8 Å². The Bertz CT molecular complexity index is 1090. The van der Waals surface area contributed by atoms with E-state index in [4.69, 9.17) is 0 Å². The molecule has 150 valence electrons. The van der Waals surface area contributed by atoms with Gasteiger partial charge in [-0.2, -0.15) is 0 Å². The van der Waals surface area contributed by atoms with Crippen LogP contribution in [0.5, 0.6) is 0 Å². The number of amides is 1. The van der Waals surface area contributed by atoms with Crippen molar-refractivity contribution in [3.05, 3.63) is 39.9 Å². The van der Waals surface area contributed by atoms with Gasteiger partial charge in [0.05, 0.1) is 16.7 Å². The molecule has 8 nitrogen and oxygen atoms in total. The summed E-state index contributed by atoms with van der Waals surface area (Å²) in [5, 5.41) is 3.51. The third kappa shape index (κ3) is 3.44. The van der Waals surface area contributed by atoms with E-state index in [0.717, 1.165) is 18.7 Å². The lowest BCUT2D eigenvalue weighted by molar-refractivity contribution is 0.0924. The zero-order valence-electron chi connectivity index (χ0n) is 15.8. The van der Waals surface area contributed by atoms with Crippen molar-refractivity contribution < 1.29 is 13.2 Å². The molecule has 1 aromatic carbocycles. The van der Waals surface area contributed by atoms with E-state index in [0.29, 0.717) is 48.9 Å². The Morgan fingerprint density at radius 2 is 2.00 bits per heavy atom. The zero-order valence-corrected chi connectivity index (χ0v) is 16.7. The molecule has 28 heavy (non-hydrogen) atoms. The van der Waals surface area contributed by atoms with Gasteiger partial charge in [0.1, 0.15) is 5.82 Å². The van der Waals surface area contributed by atoms with Crippen molar-refractivity contribution in [3.63, 3.8) is 0 Å². The van der Waals surface area contributed by atoms with Crippen LogP contribution in [-0.2, 0) is 23.0 Å². The van der Waals surface area contributed by atoms with E-state index in [1.54, 1.807) is 29.7 Å². The molecule has 0 atom stereocenters. The van der Waals surface area contributed by atoms with Crippen LogP contribution in [0, 0.1) is 0 Å². The molecular weight excluding hydrogens is 380 g/mol. The van der Waals surface area contributed by atoms with E-state index in [1.807, 2.05) is 0 Å². The average Bonchev–Trinajstić information content (AvgIpc) is 3.17. The monoisotopic (exact) mass is 404 g/mol. The first-order valence-electron chi connectivity index (χ1n) is 9.71. The second-order valence-corrected chi connectivity index (χ2v) is 9.63. The average molecular weight is 404 g/mol. The Hall–Kier alpha value is -2.26. The number of carbonyl (C=O) groups is 1. The Morgan fingerprint density at radius 1 is 1.25 bits per heavy atom. The maximum Gasteiger partial charge on any atom is 0.261 e. The van der Waals surface area contributed by atoms with Crippen molar-refractivity contribution in [2.45, 2.75) is 45.2 Å². The van der Waals surface area contributed by atoms with Crippen LogP contribution in [0.25, 0.3) is 10.9 Å². The number of benzene rings is 1. The molecule has 2 aliphatic heterocycles. The number of nitrogens with one attached hydrogen (secondary N) is 1. The van der Waals surface area contributed by atoms with Crippen molar-refractivity contribution in [2.75, 3.05) is 18.8 Å². The summed E-state index contributed by atoms with van der Waals surface area (Å²) in [6, 6.07) is 4.92. The molecule has 2 aliphatic rings. The summed E-state index contributed by atoms with van der Waals surface area (Å²) in [4.78, 5) is 29.7. The SMILES string of the molecule is CCS(=O)(=O)N1CCC(NC(=O)c2ccc3c(=O)n4c(nc3c2)CCC4)CC1. The van der Waals surface area contributed by atoms with Gasteiger partial charge in [-0.25, -0.2) is 17.7 Å². The minimum Gasteiger partial charge on any atom is -0.349 e. The summed E-state index contributed by atoms with van der Waals surface area (Å²) in [5.41, 5.74) is 0.967. The Kier molecular flexibility index (Phi) is 4.96. The predicted molar refractivity (Wildman–Crippen MR) is 106 cm³/mol. The Labute approximate surface area is 163 Å². The second kappa shape index (κ2) is 7.29. The molecule has 4 rings (SSSR count). The van der Waals surface area contributed by atoms with Crippen LogP contribution in [0.1, 0.15) is 42.4 Å². The van der Waals surface area contributed by atoms with E-state index in [1.165, 1.54) is 4.31 Å². The maximum absolute atomic E-state index is 12.7. The van der Waals surface area contributed by atoms with E-state index < -0.39 is 10.0 Å². The topological polar surface area (TPSA) is 101 Å². The predicted octanol–water partition coefficient (Wildman–Crippen LogP) is 0.887. The van der Waals surface area contributed by atoms with Crippen molar-refractivity contribution in [2.24, 2.45) is 0 Å². The fourth-order valence-corrected chi connectivity index (χ4v) is 5.09. The van der Waals surface area contributed by atoms with E-state index >= 15 is 0 Å². The standard InChI is InChI=1S/C19H24N4O4S/c1-2-28(26,27)22-10-7-14(8-11-22)20-18(24)13-5-6-15-16(12-13)21-17-4-3-9-23(17)19(15)25/h5-6,12,14H,2-4,7-11H2,1H3,(H,20,24). The van der Waals surface area contributed by atoms with Crippen LogP contribution in [-0.4, -0.2) is 53.1 Å². The molecule has 1 N–H and O–H groups in total. The number of fused-ring (bicyclic) bond motifs is 2. The fraction of sp³-hybridized carbons (Fsp3) is 0.526. The molecule has 0 spiro atoms. The van der Waals surface area contributed by atoms with Crippen LogP contribution >= 0.6 is 0 Å². The summed E-state index contributed by atoms with van der Waals surface area (Å²) >= 11 is 0. The van der Waals surface area contributed by atoms with Crippen LogP contribution < -0.4 is 10.9 Å². The zero-order chi connectivity index (χ0) is 19.9. The van der Waals surface area contributed by atoms with E-state index in [2.05, 4.69) is 10.3 Å². The smallest absolute Gasteiger partial charge is 0.261 e. The van der Waals surface area contributed by atoms with Crippen LogP contribution in [0.3, 0.4) is 0 Å². The second-order valence-electron chi connectivity index (χ2n) is 7.37. The first-order chi connectivity index (χ1) is 13.4. The highest BCUT2D eigenvalue weighted by molar-refractivity contribution is 7.89. The molecule has 1 aromatic heterocycles. The van der Waals surface area contributed by atoms with Gasteiger partial charge in [0.2, 0.25) is 10.0 Å². The van der Waals surface area contributed by atoms with Crippen molar-refractivity contribution in [1.82, 2.24) is 19.2 Å². The molecular formula is C19H24N4O4S. The molecule has 3 heterocycles. The van der Waals surface area contributed by atoms with Crippen LogP contribution in [0.4, 0.5) is 0 Å². The molecule has 2 aromatic rings. The van der Waals surface area contributed by atoms with Gasteiger partial charge in [-0.15, -0.1) is 0 Å². The normalized spacial score (nSPS) is 18.3. The summed E-state index contributed by atoms with van der Waals surface area (Å²) in [6.45, 7) is 3.18. The van der Waals surface area contributed by atoms with Gasteiger partial charge in [-0.1, -0.05) is 0 Å². The summed E-state index contributed by atoms with van der Waals surface area (Å²) < 4.78 is 27.1. The van der Waals surface area contributed by atoms with Gasteiger partial charge in [-0.3, -0.25) is 14.2 Å². The molecule has 0 saturated carbocycles. The highest BCUT2D eigenvalue weighted by Gasteiger charge is 2.27. The molecule has 0 bridgehead atoms. The molecule has 1 amide bonds. The lowest BCUT2D eigenvalue weighted by Gasteiger charge is -2.31. The third-order valence-corrected chi connectivity index (χ3v) is 7.51. The lowest BCUT2D eigenvalue weighted by Crippen LogP contribution is -2.46. The van der Waals surface area contributed by atoms with Gasteiger partial charge in [0, 0.05) is 37.7 Å². The third-order valence-electron chi connectivity index (χ3n) is 5.63. The molecule has 1 saturated heterocycles. The summed E-state index contributed by atoms with van der Waals surface area (Å²) in [7, 11) is -3.18. The number of piperidine rings is 1. The lowest BCUT2D eigenvalue weighted by atomic mass is 10.1. The number of carbonyl (C=O) groups excluding carboxylic acids is 1. The summed E-state index contributed by atoms with van der Waals surface area (Å²) in [5.74, 6) is 0.651. The number of rotatable bonds is 4. The molecule has 0 aliphatic carbocycles. The largest absolute Gasteiger partial charge is 0.349 e. The first kappa shape index (κ1) is 19.1. The summed E-state index contributed by atoms with van der Waals surface area (Å²) in [6.07, 6.45) is 2.87. The minimum atomic E-state index is -3.18. The molecule has 9 heteroatoms. The molecule has 0 radical (unpaired) electrons. The highest BCUT2D eigenvalue weighted by Crippen LogP contribution is 2.18. The van der Waals surface area contributed by atoms with Gasteiger partial charge in [0.25, 0.3) is 11.5 Å². The highest BCUT2D eigenvalue weighted by atomic mass is 32.2. The number of aromatic nitrogens is 2. The van der Waals surface area contributed by atoms with Gasteiger partial charge in [0.15, 0.2) is 0 Å². The van der Waals surface area contributed by atoms with Crippen molar-refractivity contribution in [3.8, 4) is 0 Å². The Morgan fingerprint density at radius 3 is 2.71 bits per heavy atom. The number of aryl methyl sites for hydroxylation is 1. The number of hydrogen-bond donors (Lipinski definition) is 1. The first-order valence-corrected chi connectivity index (χ1v) is 11.3. The molecule has 0 unspecified atom stereocenters. The van der Waals surface area contributed by atoms with Gasteiger partial charge in [-0.05, 0) is 44.4 Å². The number of sulfonamides is 1. The fourth-order valence-electron chi connectivity index (χ4n) is 3.95. The number of nitrogens with zero attached hydrogens (tertiary/aromatic N) is 3. The van der Waals surface area contributed by atoms with Crippen molar-refractivity contribution in [1.29, 1.82) is 0 Å². The van der Waals surface area contributed by atoms with E-state index in [-0.39, 0.29) is 23.3 Å². The van der Waals surface area contributed by atoms with Gasteiger partial charge >= 0.3 is 0 Å².